The molecule has 0 fully saturated rings. The van der Waals surface area contributed by atoms with Crippen LogP contribution in [0.15, 0.2) is 47.9 Å². The van der Waals surface area contributed by atoms with Gasteiger partial charge in [-0.3, -0.25) is 4.79 Å². The number of thiophene rings is 1. The predicted molar refractivity (Wildman–Crippen MR) is 83.2 cm³/mol. The lowest BCUT2D eigenvalue weighted by molar-refractivity contribution is -0.131. The molecular formula is C16H15NO3S. The molecule has 4 nitrogen and oxygen atoms in total. The van der Waals surface area contributed by atoms with Crippen LogP contribution < -0.4 is 0 Å². The molecule has 0 aliphatic rings. The molecule has 1 aromatic carbocycles. The van der Waals surface area contributed by atoms with Gasteiger partial charge in [0.1, 0.15) is 0 Å². The molecule has 0 radical (unpaired) electrons. The van der Waals surface area contributed by atoms with Crippen molar-refractivity contribution in [2.24, 2.45) is 0 Å². The van der Waals surface area contributed by atoms with Crippen LogP contribution in [0.3, 0.4) is 0 Å². The van der Waals surface area contributed by atoms with Gasteiger partial charge in [-0.1, -0.05) is 18.2 Å². The number of nitrogens with zero attached hydrogens (tertiary/aromatic N) is 1. The smallest absolute Gasteiger partial charge is 0.328 e. The van der Waals surface area contributed by atoms with E-state index in [1.807, 2.05) is 29.6 Å². The van der Waals surface area contributed by atoms with Gasteiger partial charge in [0.05, 0.1) is 6.54 Å². The molecule has 5 heteroatoms. The fourth-order valence-corrected chi connectivity index (χ4v) is 2.75. The largest absolute Gasteiger partial charge is 0.478 e. The lowest BCUT2D eigenvalue weighted by atomic mass is 10.2. The van der Waals surface area contributed by atoms with Crippen LogP contribution in [0.1, 0.15) is 20.8 Å². The predicted octanol–water partition coefficient (Wildman–Crippen LogP) is 3.12. The highest BCUT2D eigenvalue weighted by Crippen LogP contribution is 2.18. The molecule has 0 saturated heterocycles. The fourth-order valence-electron chi connectivity index (χ4n) is 1.84. The van der Waals surface area contributed by atoms with E-state index in [9.17, 15) is 9.59 Å². The average Bonchev–Trinajstić information content (AvgIpc) is 2.92. The first-order valence-corrected chi connectivity index (χ1v) is 7.23. The number of carbonyl (C=O) groups excluding carboxylic acids is 1. The number of aliphatic carboxylic acids is 1. The third kappa shape index (κ3) is 4.29. The topological polar surface area (TPSA) is 57.6 Å². The first kappa shape index (κ1) is 15.0. The summed E-state index contributed by atoms with van der Waals surface area (Å²) in [6.45, 7) is 0.499. The van der Waals surface area contributed by atoms with Gasteiger partial charge in [-0.15, -0.1) is 11.3 Å². The Morgan fingerprint density at radius 2 is 2.00 bits per heavy atom. The fraction of sp³-hybridized carbons (Fsp3) is 0.125. The summed E-state index contributed by atoms with van der Waals surface area (Å²) in [6, 6.07) is 11.0. The number of carbonyl (C=O) groups is 2. The van der Waals surface area contributed by atoms with Crippen molar-refractivity contribution in [2.75, 3.05) is 7.05 Å². The van der Waals surface area contributed by atoms with E-state index < -0.39 is 5.97 Å². The zero-order valence-corrected chi connectivity index (χ0v) is 12.3. The van der Waals surface area contributed by atoms with Gasteiger partial charge >= 0.3 is 5.97 Å². The molecule has 0 aliphatic heterocycles. The standard InChI is InChI=1S/C16H15NO3S/c1-17(16(20)13-5-3-2-4-6-13)10-14-9-12(11-21-14)7-8-15(18)19/h2-9,11H,10H2,1H3,(H,18,19). The summed E-state index contributed by atoms with van der Waals surface area (Å²) in [7, 11) is 1.75. The second-order valence-electron chi connectivity index (χ2n) is 4.55. The Hall–Kier alpha value is -2.40. The minimum Gasteiger partial charge on any atom is -0.478 e. The maximum atomic E-state index is 12.2. The van der Waals surface area contributed by atoms with E-state index in [4.69, 9.17) is 5.11 Å². The summed E-state index contributed by atoms with van der Waals surface area (Å²) < 4.78 is 0. The number of carboxylic acids is 1. The van der Waals surface area contributed by atoms with Crippen molar-refractivity contribution in [2.45, 2.75) is 6.54 Å². The van der Waals surface area contributed by atoms with Gasteiger partial charge in [0.15, 0.2) is 0 Å². The number of carboxylic acid groups (broad SMARTS) is 1. The van der Waals surface area contributed by atoms with Gasteiger partial charge in [0, 0.05) is 23.6 Å². The third-order valence-corrected chi connectivity index (χ3v) is 3.79. The minimum absolute atomic E-state index is 0.0355. The quantitative estimate of drug-likeness (QED) is 0.863. The molecule has 108 valence electrons. The molecule has 1 heterocycles. The maximum Gasteiger partial charge on any atom is 0.328 e. The molecule has 2 aromatic rings. The highest BCUT2D eigenvalue weighted by atomic mass is 32.1. The molecule has 0 bridgehead atoms. The number of amides is 1. The Kier molecular flexibility index (Phi) is 4.90. The van der Waals surface area contributed by atoms with Crippen molar-refractivity contribution >= 4 is 29.3 Å². The molecule has 0 atom stereocenters. The Balaban J connectivity index is 2.01. The molecule has 0 saturated carbocycles. The first-order chi connectivity index (χ1) is 10.1. The highest BCUT2D eigenvalue weighted by Gasteiger charge is 2.12. The number of hydrogen-bond acceptors (Lipinski definition) is 3. The number of hydrogen-bond donors (Lipinski definition) is 1. The molecular weight excluding hydrogens is 286 g/mol. The van der Waals surface area contributed by atoms with Gasteiger partial charge < -0.3 is 10.0 Å². The molecule has 0 unspecified atom stereocenters. The molecule has 2 rings (SSSR count). The summed E-state index contributed by atoms with van der Waals surface area (Å²) in [5, 5.41) is 10.5. The van der Waals surface area contributed by atoms with Gasteiger partial charge in [-0.05, 0) is 35.2 Å². The molecule has 1 N–H and O–H groups in total. The van der Waals surface area contributed by atoms with Crippen LogP contribution in [0.5, 0.6) is 0 Å². The van der Waals surface area contributed by atoms with Crippen molar-refractivity contribution in [3.8, 4) is 0 Å². The van der Waals surface area contributed by atoms with Crippen LogP contribution in [0.2, 0.25) is 0 Å². The van der Waals surface area contributed by atoms with Crippen molar-refractivity contribution < 1.29 is 14.7 Å². The van der Waals surface area contributed by atoms with Gasteiger partial charge in [0.25, 0.3) is 5.91 Å². The van der Waals surface area contributed by atoms with Gasteiger partial charge in [-0.25, -0.2) is 4.79 Å². The van der Waals surface area contributed by atoms with Crippen LogP contribution in [-0.2, 0) is 11.3 Å². The van der Waals surface area contributed by atoms with E-state index in [0.29, 0.717) is 12.1 Å². The summed E-state index contributed by atoms with van der Waals surface area (Å²) in [6.07, 6.45) is 2.64. The first-order valence-electron chi connectivity index (χ1n) is 6.35. The van der Waals surface area contributed by atoms with Crippen molar-refractivity contribution in [3.05, 3.63) is 63.9 Å². The van der Waals surface area contributed by atoms with E-state index in [-0.39, 0.29) is 5.91 Å². The Morgan fingerprint density at radius 1 is 1.29 bits per heavy atom. The van der Waals surface area contributed by atoms with Crippen LogP contribution in [0.25, 0.3) is 6.08 Å². The summed E-state index contributed by atoms with van der Waals surface area (Å²) >= 11 is 1.50. The van der Waals surface area contributed by atoms with Crippen molar-refractivity contribution in [3.63, 3.8) is 0 Å². The van der Waals surface area contributed by atoms with E-state index in [0.717, 1.165) is 16.5 Å². The normalized spacial score (nSPS) is 10.7. The van der Waals surface area contributed by atoms with Crippen LogP contribution in [0, 0.1) is 0 Å². The molecule has 1 amide bonds. The van der Waals surface area contributed by atoms with E-state index in [1.54, 1.807) is 30.2 Å². The zero-order valence-electron chi connectivity index (χ0n) is 11.5. The SMILES string of the molecule is CN(Cc1cc(C=CC(=O)O)cs1)C(=O)c1ccccc1. The summed E-state index contributed by atoms with van der Waals surface area (Å²) in [5.41, 5.74) is 1.49. The second-order valence-corrected chi connectivity index (χ2v) is 5.54. The molecule has 21 heavy (non-hydrogen) atoms. The maximum absolute atomic E-state index is 12.2. The third-order valence-electron chi connectivity index (χ3n) is 2.85. The van der Waals surface area contributed by atoms with E-state index in [2.05, 4.69) is 0 Å². The summed E-state index contributed by atoms with van der Waals surface area (Å²) in [5.74, 6) is -1.01. The van der Waals surface area contributed by atoms with Crippen molar-refractivity contribution in [1.29, 1.82) is 0 Å². The second kappa shape index (κ2) is 6.85. The van der Waals surface area contributed by atoms with Gasteiger partial charge in [-0.2, -0.15) is 0 Å². The van der Waals surface area contributed by atoms with Crippen LogP contribution in [-0.4, -0.2) is 28.9 Å². The molecule has 1 aromatic heterocycles. The zero-order chi connectivity index (χ0) is 15.2. The lowest BCUT2D eigenvalue weighted by Gasteiger charge is -2.16. The Morgan fingerprint density at radius 3 is 2.67 bits per heavy atom. The molecule has 0 aliphatic carbocycles. The number of rotatable bonds is 5. The van der Waals surface area contributed by atoms with E-state index in [1.165, 1.54) is 11.3 Å². The Bertz CT molecular complexity index is 661. The molecule has 0 spiro atoms. The lowest BCUT2D eigenvalue weighted by Crippen LogP contribution is -2.25. The minimum atomic E-state index is -0.973. The van der Waals surface area contributed by atoms with E-state index >= 15 is 0 Å². The van der Waals surface area contributed by atoms with Crippen LogP contribution >= 0.6 is 11.3 Å². The number of benzene rings is 1. The average molecular weight is 301 g/mol. The summed E-state index contributed by atoms with van der Waals surface area (Å²) in [4.78, 5) is 25.3. The van der Waals surface area contributed by atoms with Gasteiger partial charge in [0.2, 0.25) is 0 Å². The Labute approximate surface area is 127 Å². The van der Waals surface area contributed by atoms with Crippen molar-refractivity contribution in [1.82, 2.24) is 4.90 Å². The monoisotopic (exact) mass is 301 g/mol. The highest BCUT2D eigenvalue weighted by molar-refractivity contribution is 7.10. The van der Waals surface area contributed by atoms with Crippen LogP contribution in [0.4, 0.5) is 0 Å².